The van der Waals surface area contributed by atoms with E-state index in [0.717, 1.165) is 12.2 Å². The summed E-state index contributed by atoms with van der Waals surface area (Å²) in [5.74, 6) is 0.847. The number of carbonyl (C=O) groups is 1. The Labute approximate surface area is 84.7 Å². The van der Waals surface area contributed by atoms with Crippen LogP contribution in [0.25, 0.3) is 0 Å². The normalized spacial score (nSPS) is 10.6. The molecule has 0 unspecified atom stereocenters. The van der Waals surface area contributed by atoms with E-state index in [0.29, 0.717) is 6.61 Å². The number of thioether (sulfide) groups is 1. The molecule has 0 aromatic carbocycles. The molecule has 76 valence electrons. The summed E-state index contributed by atoms with van der Waals surface area (Å²) in [4.78, 5) is 10.9. The Hall–Kier alpha value is -0.440. The van der Waals surface area contributed by atoms with Crippen molar-refractivity contribution in [3.63, 3.8) is 0 Å². The molecule has 0 N–H and O–H groups in total. The van der Waals surface area contributed by atoms with Gasteiger partial charge < -0.3 is 4.74 Å². The monoisotopic (exact) mass is 202 g/mol. The number of esters is 1. The second-order valence-electron chi connectivity index (χ2n) is 2.69. The van der Waals surface area contributed by atoms with Gasteiger partial charge in [0.25, 0.3) is 0 Å². The SMILES string of the molecule is CCCCSC=CC(=O)OCCC. The lowest BCUT2D eigenvalue weighted by Crippen LogP contribution is -2.00. The van der Waals surface area contributed by atoms with Gasteiger partial charge in [-0.05, 0) is 24.0 Å². The molecule has 0 saturated carbocycles. The molecule has 3 heteroatoms. The fourth-order valence-corrected chi connectivity index (χ4v) is 1.45. The number of carbonyl (C=O) groups excluding carboxylic acids is 1. The summed E-state index contributed by atoms with van der Waals surface area (Å²) in [6.45, 7) is 4.65. The highest BCUT2D eigenvalue weighted by molar-refractivity contribution is 8.02. The lowest BCUT2D eigenvalue weighted by atomic mass is 10.4. The Morgan fingerprint density at radius 1 is 1.38 bits per heavy atom. The molecule has 0 aliphatic carbocycles. The van der Waals surface area contributed by atoms with Crippen molar-refractivity contribution in [1.82, 2.24) is 0 Å². The Balaban J connectivity index is 3.31. The average molecular weight is 202 g/mol. The topological polar surface area (TPSA) is 26.3 Å². The zero-order valence-corrected chi connectivity index (χ0v) is 9.23. The molecule has 0 aromatic rings. The third kappa shape index (κ3) is 9.47. The van der Waals surface area contributed by atoms with Gasteiger partial charge in [-0.25, -0.2) is 4.79 Å². The molecule has 0 bridgehead atoms. The highest BCUT2D eigenvalue weighted by atomic mass is 32.2. The van der Waals surface area contributed by atoms with Crippen LogP contribution in [0, 0.1) is 0 Å². The smallest absolute Gasteiger partial charge is 0.331 e. The van der Waals surface area contributed by atoms with Crippen molar-refractivity contribution in [3.05, 3.63) is 11.5 Å². The van der Waals surface area contributed by atoms with Gasteiger partial charge in [0.1, 0.15) is 0 Å². The summed E-state index contributed by atoms with van der Waals surface area (Å²) in [7, 11) is 0. The highest BCUT2D eigenvalue weighted by Gasteiger charge is 1.93. The third-order valence-corrected chi connectivity index (χ3v) is 2.22. The molecule has 0 radical (unpaired) electrons. The zero-order valence-electron chi connectivity index (χ0n) is 8.41. The van der Waals surface area contributed by atoms with Crippen molar-refractivity contribution in [2.45, 2.75) is 33.1 Å². The fourth-order valence-electron chi connectivity index (χ4n) is 0.650. The summed E-state index contributed by atoms with van der Waals surface area (Å²) >= 11 is 1.66. The molecule has 0 saturated heterocycles. The van der Waals surface area contributed by atoms with E-state index in [1.54, 1.807) is 11.8 Å². The first-order valence-corrected chi connectivity index (χ1v) is 5.81. The minimum atomic E-state index is -0.231. The molecule has 0 aliphatic rings. The van der Waals surface area contributed by atoms with Gasteiger partial charge in [-0.15, -0.1) is 11.8 Å². The molecule has 0 aliphatic heterocycles. The predicted octanol–water partition coefficient (Wildman–Crippen LogP) is 2.99. The second-order valence-corrected chi connectivity index (χ2v) is 3.71. The molecule has 0 amide bonds. The molecule has 0 aromatic heterocycles. The van der Waals surface area contributed by atoms with Gasteiger partial charge >= 0.3 is 5.97 Å². The van der Waals surface area contributed by atoms with E-state index >= 15 is 0 Å². The van der Waals surface area contributed by atoms with Gasteiger partial charge in [-0.1, -0.05) is 20.3 Å². The molecule has 0 rings (SSSR count). The van der Waals surface area contributed by atoms with Crippen molar-refractivity contribution in [2.24, 2.45) is 0 Å². The molecular formula is C10H18O2S. The van der Waals surface area contributed by atoms with Gasteiger partial charge in [0.05, 0.1) is 6.61 Å². The van der Waals surface area contributed by atoms with Crippen molar-refractivity contribution < 1.29 is 9.53 Å². The summed E-state index contributed by atoms with van der Waals surface area (Å²) < 4.78 is 4.86. The highest BCUT2D eigenvalue weighted by Crippen LogP contribution is 2.05. The largest absolute Gasteiger partial charge is 0.463 e. The van der Waals surface area contributed by atoms with E-state index in [-0.39, 0.29) is 5.97 Å². The van der Waals surface area contributed by atoms with Gasteiger partial charge in [0.2, 0.25) is 0 Å². The lowest BCUT2D eigenvalue weighted by Gasteiger charge is -1.97. The summed E-state index contributed by atoms with van der Waals surface area (Å²) in [5, 5.41) is 1.81. The first kappa shape index (κ1) is 12.6. The van der Waals surface area contributed by atoms with Crippen molar-refractivity contribution in [3.8, 4) is 0 Å². The number of hydrogen-bond donors (Lipinski definition) is 0. The molecule has 0 atom stereocenters. The number of rotatable bonds is 7. The Morgan fingerprint density at radius 3 is 2.77 bits per heavy atom. The van der Waals surface area contributed by atoms with E-state index in [9.17, 15) is 4.79 Å². The molecule has 0 spiro atoms. The predicted molar refractivity (Wildman–Crippen MR) is 57.8 cm³/mol. The Morgan fingerprint density at radius 2 is 2.15 bits per heavy atom. The maximum Gasteiger partial charge on any atom is 0.331 e. The summed E-state index contributed by atoms with van der Waals surface area (Å²) in [6, 6.07) is 0. The summed E-state index contributed by atoms with van der Waals surface area (Å²) in [5.41, 5.74) is 0. The average Bonchev–Trinajstić information content (AvgIpc) is 2.14. The fraction of sp³-hybridized carbons (Fsp3) is 0.700. The minimum absolute atomic E-state index is 0.231. The lowest BCUT2D eigenvalue weighted by molar-refractivity contribution is -0.137. The van der Waals surface area contributed by atoms with E-state index in [4.69, 9.17) is 4.74 Å². The number of unbranched alkanes of at least 4 members (excludes halogenated alkanes) is 1. The van der Waals surface area contributed by atoms with E-state index in [2.05, 4.69) is 6.92 Å². The van der Waals surface area contributed by atoms with Gasteiger partial charge in [-0.2, -0.15) is 0 Å². The van der Waals surface area contributed by atoms with Crippen LogP contribution >= 0.6 is 11.8 Å². The zero-order chi connectivity index (χ0) is 9.94. The molecule has 13 heavy (non-hydrogen) atoms. The quantitative estimate of drug-likeness (QED) is 0.360. The van der Waals surface area contributed by atoms with Gasteiger partial charge in [-0.3, -0.25) is 0 Å². The molecule has 0 heterocycles. The Bertz CT molecular complexity index is 155. The van der Waals surface area contributed by atoms with Crippen molar-refractivity contribution in [2.75, 3.05) is 12.4 Å². The van der Waals surface area contributed by atoms with E-state index in [1.165, 1.54) is 18.9 Å². The minimum Gasteiger partial charge on any atom is -0.463 e. The van der Waals surface area contributed by atoms with Crippen LogP contribution in [0.3, 0.4) is 0 Å². The number of ether oxygens (including phenoxy) is 1. The first-order chi connectivity index (χ1) is 6.31. The van der Waals surface area contributed by atoms with Gasteiger partial charge in [0.15, 0.2) is 0 Å². The first-order valence-electron chi connectivity index (χ1n) is 4.76. The van der Waals surface area contributed by atoms with Crippen molar-refractivity contribution in [1.29, 1.82) is 0 Å². The van der Waals surface area contributed by atoms with Crippen LogP contribution < -0.4 is 0 Å². The summed E-state index contributed by atoms with van der Waals surface area (Å²) in [6.07, 6.45) is 4.76. The van der Waals surface area contributed by atoms with Crippen LogP contribution in [0.1, 0.15) is 33.1 Å². The van der Waals surface area contributed by atoms with Crippen LogP contribution in [0.5, 0.6) is 0 Å². The standard InChI is InChI=1S/C10H18O2S/c1-3-5-8-13-9-6-10(11)12-7-4-2/h6,9H,3-5,7-8H2,1-2H3. The molecular weight excluding hydrogens is 184 g/mol. The molecule has 2 nitrogen and oxygen atoms in total. The van der Waals surface area contributed by atoms with Crippen LogP contribution in [-0.2, 0) is 9.53 Å². The second kappa shape index (κ2) is 9.65. The van der Waals surface area contributed by atoms with Crippen LogP contribution in [0.4, 0.5) is 0 Å². The maximum absolute atomic E-state index is 10.9. The van der Waals surface area contributed by atoms with Crippen LogP contribution in [0.2, 0.25) is 0 Å². The Kier molecular flexibility index (Phi) is 9.32. The molecule has 0 fully saturated rings. The maximum atomic E-state index is 10.9. The van der Waals surface area contributed by atoms with Crippen LogP contribution in [-0.4, -0.2) is 18.3 Å². The van der Waals surface area contributed by atoms with Crippen LogP contribution in [0.15, 0.2) is 11.5 Å². The van der Waals surface area contributed by atoms with E-state index < -0.39 is 0 Å². The number of hydrogen-bond acceptors (Lipinski definition) is 3. The third-order valence-electron chi connectivity index (χ3n) is 1.36. The van der Waals surface area contributed by atoms with Crippen molar-refractivity contribution >= 4 is 17.7 Å². The van der Waals surface area contributed by atoms with Gasteiger partial charge in [0, 0.05) is 6.08 Å². The van der Waals surface area contributed by atoms with E-state index in [1.807, 2.05) is 12.3 Å².